The van der Waals surface area contributed by atoms with Gasteiger partial charge in [0.25, 0.3) is 5.91 Å². The summed E-state index contributed by atoms with van der Waals surface area (Å²) >= 11 is 0. The number of nitrogens with one attached hydrogen (secondary N) is 1. The van der Waals surface area contributed by atoms with Crippen LogP contribution in [0.2, 0.25) is 0 Å². The summed E-state index contributed by atoms with van der Waals surface area (Å²) in [5.74, 6) is 0.686. The SMILES string of the molecule is CN(C)S(=O)(=O)c1ccc(C(=O)N2CCNCC2c2nccn2C)cc1.Cl. The molecule has 1 aromatic heterocycles. The molecule has 27 heavy (non-hydrogen) atoms. The zero-order valence-electron chi connectivity index (χ0n) is 15.5. The highest BCUT2D eigenvalue weighted by atomic mass is 35.5. The molecule has 1 unspecified atom stereocenters. The van der Waals surface area contributed by atoms with Crippen molar-refractivity contribution in [3.8, 4) is 0 Å². The summed E-state index contributed by atoms with van der Waals surface area (Å²) in [4.78, 5) is 19.3. The van der Waals surface area contributed by atoms with Crippen LogP contribution in [0.1, 0.15) is 22.2 Å². The molecule has 10 heteroatoms. The highest BCUT2D eigenvalue weighted by Crippen LogP contribution is 2.23. The van der Waals surface area contributed by atoms with E-state index in [0.717, 1.165) is 10.1 Å². The Morgan fingerprint density at radius 3 is 2.48 bits per heavy atom. The summed E-state index contributed by atoms with van der Waals surface area (Å²) < 4.78 is 27.4. The smallest absolute Gasteiger partial charge is 0.254 e. The lowest BCUT2D eigenvalue weighted by Crippen LogP contribution is -2.49. The van der Waals surface area contributed by atoms with Crippen molar-refractivity contribution < 1.29 is 13.2 Å². The molecular formula is C17H24ClN5O3S. The number of aromatic nitrogens is 2. The summed E-state index contributed by atoms with van der Waals surface area (Å²) in [6.07, 6.45) is 3.57. The van der Waals surface area contributed by atoms with Gasteiger partial charge in [0.2, 0.25) is 10.0 Å². The van der Waals surface area contributed by atoms with Crippen molar-refractivity contribution in [3.63, 3.8) is 0 Å². The number of nitrogens with zero attached hydrogens (tertiary/aromatic N) is 4. The van der Waals surface area contributed by atoms with Crippen LogP contribution in [0.25, 0.3) is 0 Å². The van der Waals surface area contributed by atoms with Gasteiger partial charge in [-0.05, 0) is 24.3 Å². The minimum atomic E-state index is -3.51. The highest BCUT2D eigenvalue weighted by Gasteiger charge is 2.31. The van der Waals surface area contributed by atoms with E-state index < -0.39 is 10.0 Å². The molecule has 1 saturated heterocycles. The normalized spacial score (nSPS) is 17.6. The molecule has 1 amide bonds. The fraction of sp³-hybridized carbons (Fsp3) is 0.412. The van der Waals surface area contributed by atoms with Gasteiger partial charge < -0.3 is 14.8 Å². The maximum absolute atomic E-state index is 13.0. The Morgan fingerprint density at radius 2 is 1.93 bits per heavy atom. The van der Waals surface area contributed by atoms with Crippen LogP contribution in [0, 0.1) is 0 Å². The van der Waals surface area contributed by atoms with Crippen LogP contribution >= 0.6 is 12.4 Å². The van der Waals surface area contributed by atoms with Crippen molar-refractivity contribution in [2.45, 2.75) is 10.9 Å². The molecule has 0 aliphatic carbocycles. The van der Waals surface area contributed by atoms with Gasteiger partial charge in [0, 0.05) is 58.7 Å². The van der Waals surface area contributed by atoms with E-state index in [1.54, 1.807) is 23.2 Å². The fourth-order valence-corrected chi connectivity index (χ4v) is 3.92. The minimum Gasteiger partial charge on any atom is -0.336 e. The molecule has 8 nitrogen and oxygen atoms in total. The van der Waals surface area contributed by atoms with Crippen molar-refractivity contribution in [2.75, 3.05) is 33.7 Å². The number of sulfonamides is 1. The number of halogens is 1. The Hall–Kier alpha value is -1.94. The zero-order chi connectivity index (χ0) is 18.9. The average molecular weight is 414 g/mol. The van der Waals surface area contributed by atoms with Crippen LogP contribution in [0.4, 0.5) is 0 Å². The largest absolute Gasteiger partial charge is 0.336 e. The third kappa shape index (κ3) is 4.16. The number of rotatable bonds is 4. The van der Waals surface area contributed by atoms with Crippen LogP contribution in [0.3, 0.4) is 0 Å². The first-order chi connectivity index (χ1) is 12.3. The summed E-state index contributed by atoms with van der Waals surface area (Å²) in [5, 5.41) is 3.30. The number of aryl methyl sites for hydroxylation is 1. The topological polar surface area (TPSA) is 87.5 Å². The van der Waals surface area contributed by atoms with Crippen LogP contribution in [-0.2, 0) is 17.1 Å². The maximum atomic E-state index is 13.0. The van der Waals surface area contributed by atoms with E-state index >= 15 is 0 Å². The lowest BCUT2D eigenvalue weighted by atomic mass is 10.1. The van der Waals surface area contributed by atoms with Crippen molar-refractivity contribution in [2.24, 2.45) is 7.05 Å². The summed E-state index contributed by atoms with van der Waals surface area (Å²) in [7, 11) is 1.35. The molecular weight excluding hydrogens is 390 g/mol. The molecule has 1 aliphatic rings. The molecule has 1 N–H and O–H groups in total. The zero-order valence-corrected chi connectivity index (χ0v) is 17.1. The number of imidazole rings is 1. The molecule has 148 valence electrons. The van der Waals surface area contributed by atoms with Crippen molar-refractivity contribution in [1.82, 2.24) is 24.1 Å². The summed E-state index contributed by atoms with van der Waals surface area (Å²) in [6.45, 7) is 1.90. The molecule has 0 bridgehead atoms. The average Bonchev–Trinajstić information content (AvgIpc) is 3.07. The van der Waals surface area contributed by atoms with Gasteiger partial charge >= 0.3 is 0 Å². The first-order valence-electron chi connectivity index (χ1n) is 8.34. The Balaban J connectivity index is 0.00000261. The van der Waals surface area contributed by atoms with Crippen LogP contribution in [0.15, 0.2) is 41.6 Å². The predicted molar refractivity (Wildman–Crippen MR) is 104 cm³/mol. The van der Waals surface area contributed by atoms with E-state index in [4.69, 9.17) is 0 Å². The molecule has 1 fully saturated rings. The first kappa shape index (κ1) is 21.4. The second-order valence-corrected chi connectivity index (χ2v) is 8.58. The van der Waals surface area contributed by atoms with Gasteiger partial charge in [-0.1, -0.05) is 0 Å². The fourth-order valence-electron chi connectivity index (χ4n) is 3.02. The molecule has 1 atom stereocenters. The Morgan fingerprint density at radius 1 is 1.26 bits per heavy atom. The number of carbonyl (C=O) groups excluding carboxylic acids is 1. The van der Waals surface area contributed by atoms with Gasteiger partial charge in [0.15, 0.2) is 0 Å². The van der Waals surface area contributed by atoms with Crippen molar-refractivity contribution in [1.29, 1.82) is 0 Å². The van der Waals surface area contributed by atoms with Crippen LogP contribution in [0.5, 0.6) is 0 Å². The Labute approximate surface area is 165 Å². The monoisotopic (exact) mass is 413 g/mol. The molecule has 0 radical (unpaired) electrons. The van der Waals surface area contributed by atoms with Gasteiger partial charge in [-0.25, -0.2) is 17.7 Å². The molecule has 1 aromatic carbocycles. The van der Waals surface area contributed by atoms with Gasteiger partial charge in [-0.3, -0.25) is 4.79 Å². The molecule has 2 aromatic rings. The van der Waals surface area contributed by atoms with Gasteiger partial charge in [-0.15, -0.1) is 12.4 Å². The first-order valence-corrected chi connectivity index (χ1v) is 9.78. The van der Waals surface area contributed by atoms with Gasteiger partial charge in [0.1, 0.15) is 11.9 Å². The molecule has 3 rings (SSSR count). The minimum absolute atomic E-state index is 0. The predicted octanol–water partition coefficient (Wildman–Crippen LogP) is 0.879. The second kappa shape index (κ2) is 8.39. The van der Waals surface area contributed by atoms with Gasteiger partial charge in [0.05, 0.1) is 4.90 Å². The highest BCUT2D eigenvalue weighted by molar-refractivity contribution is 7.89. The van der Waals surface area contributed by atoms with E-state index in [2.05, 4.69) is 10.3 Å². The van der Waals surface area contributed by atoms with E-state index in [1.165, 1.54) is 26.2 Å². The van der Waals surface area contributed by atoms with Crippen molar-refractivity contribution in [3.05, 3.63) is 48.0 Å². The third-order valence-corrected chi connectivity index (χ3v) is 6.37. The van der Waals surface area contributed by atoms with E-state index in [0.29, 0.717) is 25.2 Å². The number of piperazine rings is 1. The van der Waals surface area contributed by atoms with Crippen molar-refractivity contribution >= 4 is 28.3 Å². The number of amides is 1. The van der Waals surface area contributed by atoms with Crippen LogP contribution < -0.4 is 5.32 Å². The van der Waals surface area contributed by atoms with Crippen LogP contribution in [-0.4, -0.2) is 66.8 Å². The summed E-state index contributed by atoms with van der Waals surface area (Å²) in [6, 6.07) is 5.91. The molecule has 0 saturated carbocycles. The van der Waals surface area contributed by atoms with E-state index in [1.807, 2.05) is 17.8 Å². The number of hydrogen-bond donors (Lipinski definition) is 1. The standard InChI is InChI=1S/C17H23N5O3S.ClH/c1-20(2)26(24,25)14-6-4-13(5-7-14)17(23)22-11-8-18-12-15(22)16-19-9-10-21(16)3;/h4-7,9-10,15,18H,8,11-12H2,1-3H3;1H. The lowest BCUT2D eigenvalue weighted by molar-refractivity contribution is 0.0621. The quantitative estimate of drug-likeness (QED) is 0.803. The third-order valence-electron chi connectivity index (χ3n) is 4.54. The Kier molecular flexibility index (Phi) is 6.63. The van der Waals surface area contributed by atoms with Gasteiger partial charge in [-0.2, -0.15) is 0 Å². The molecule has 0 spiro atoms. The number of benzene rings is 1. The van der Waals surface area contributed by atoms with E-state index in [-0.39, 0.29) is 29.3 Å². The molecule has 2 heterocycles. The maximum Gasteiger partial charge on any atom is 0.254 e. The van der Waals surface area contributed by atoms with E-state index in [9.17, 15) is 13.2 Å². The number of carbonyl (C=O) groups is 1. The summed E-state index contributed by atoms with van der Waals surface area (Å²) in [5.41, 5.74) is 0.462. The Bertz CT molecular complexity index is 896. The molecule has 1 aliphatic heterocycles. The lowest BCUT2D eigenvalue weighted by Gasteiger charge is -2.35. The number of hydrogen-bond acceptors (Lipinski definition) is 5. The second-order valence-electron chi connectivity index (χ2n) is 6.43.